The average molecular weight is 334 g/mol. The molecule has 0 aromatic carbocycles. The second-order valence-electron chi connectivity index (χ2n) is 10.1. The van der Waals surface area contributed by atoms with Gasteiger partial charge in [0.05, 0.1) is 0 Å². The van der Waals surface area contributed by atoms with Crippen molar-refractivity contribution in [3.8, 4) is 0 Å². The minimum Gasteiger partial charge on any atom is -0.100 e. The average Bonchev–Trinajstić information content (AvgIpc) is 2.48. The number of hydrogen-bond acceptors (Lipinski definition) is 0. The molecule has 0 saturated heterocycles. The smallest absolute Gasteiger partial charge is 0.100 e. The summed E-state index contributed by atoms with van der Waals surface area (Å²) in [6.45, 7) is 21.1. The SMILES string of the molecule is BC(C)(C)C(=C)CCC(C)(CCC)CC(C)(CC)CCCCCC. The van der Waals surface area contributed by atoms with Crippen LogP contribution < -0.4 is 0 Å². The standard InChI is InChI=1S/C23H47B/c1-9-12-13-14-17-22(7,11-3)19-23(8,16-10-2)18-15-20(4)21(5,6)24/h4,9-19,24H2,1-3,5-8H3. The van der Waals surface area contributed by atoms with E-state index in [0.29, 0.717) is 10.8 Å². The Kier molecular flexibility index (Phi) is 10.6. The summed E-state index contributed by atoms with van der Waals surface area (Å²) in [5.74, 6) is 0. The van der Waals surface area contributed by atoms with Gasteiger partial charge in [-0.3, -0.25) is 0 Å². The van der Waals surface area contributed by atoms with Crippen molar-refractivity contribution in [2.75, 3.05) is 0 Å². The molecule has 0 aromatic heterocycles. The van der Waals surface area contributed by atoms with Gasteiger partial charge in [0.2, 0.25) is 0 Å². The fourth-order valence-corrected chi connectivity index (χ4v) is 4.13. The first-order chi connectivity index (χ1) is 11.0. The molecule has 1 heteroatoms. The molecule has 0 heterocycles. The van der Waals surface area contributed by atoms with Gasteiger partial charge in [-0.1, -0.05) is 92.6 Å². The van der Waals surface area contributed by atoms with E-state index in [0.717, 1.165) is 0 Å². The largest absolute Gasteiger partial charge is 0.114 e. The second-order valence-corrected chi connectivity index (χ2v) is 10.1. The Morgan fingerprint density at radius 2 is 1.42 bits per heavy atom. The Hall–Kier alpha value is -0.195. The van der Waals surface area contributed by atoms with Crippen LogP contribution >= 0.6 is 0 Å². The third kappa shape index (κ3) is 9.33. The van der Waals surface area contributed by atoms with E-state index in [4.69, 9.17) is 0 Å². The highest BCUT2D eigenvalue weighted by molar-refractivity contribution is 6.16. The van der Waals surface area contributed by atoms with Crippen molar-refractivity contribution in [3.05, 3.63) is 12.2 Å². The predicted octanol–water partition coefficient (Wildman–Crippen LogP) is 7.74. The molecule has 0 aliphatic heterocycles. The van der Waals surface area contributed by atoms with Crippen LogP contribution in [0.2, 0.25) is 5.31 Å². The highest BCUT2D eigenvalue weighted by Crippen LogP contribution is 2.47. The Bertz CT molecular complexity index is 352. The molecule has 24 heavy (non-hydrogen) atoms. The zero-order chi connectivity index (χ0) is 18.9. The molecule has 0 bridgehead atoms. The quantitative estimate of drug-likeness (QED) is 0.173. The van der Waals surface area contributed by atoms with E-state index >= 15 is 0 Å². The van der Waals surface area contributed by atoms with Gasteiger partial charge in [-0.2, -0.15) is 0 Å². The van der Waals surface area contributed by atoms with Crippen LogP contribution in [0.3, 0.4) is 0 Å². The van der Waals surface area contributed by atoms with E-state index in [2.05, 4.69) is 62.9 Å². The van der Waals surface area contributed by atoms with Crippen LogP contribution in [0.5, 0.6) is 0 Å². The van der Waals surface area contributed by atoms with E-state index in [9.17, 15) is 0 Å². The highest BCUT2D eigenvalue weighted by Gasteiger charge is 2.33. The topological polar surface area (TPSA) is 0 Å². The van der Waals surface area contributed by atoms with Crippen molar-refractivity contribution in [3.63, 3.8) is 0 Å². The van der Waals surface area contributed by atoms with Crippen LogP contribution in [-0.2, 0) is 0 Å². The van der Waals surface area contributed by atoms with Gasteiger partial charge in [0.25, 0.3) is 0 Å². The van der Waals surface area contributed by atoms with Crippen molar-refractivity contribution in [1.29, 1.82) is 0 Å². The van der Waals surface area contributed by atoms with E-state index < -0.39 is 0 Å². The van der Waals surface area contributed by atoms with Crippen LogP contribution in [0.25, 0.3) is 0 Å². The lowest BCUT2D eigenvalue weighted by Gasteiger charge is -2.40. The molecule has 0 nitrogen and oxygen atoms in total. The first-order valence-electron chi connectivity index (χ1n) is 10.7. The van der Waals surface area contributed by atoms with Crippen LogP contribution in [0.15, 0.2) is 12.2 Å². The first kappa shape index (κ1) is 23.8. The van der Waals surface area contributed by atoms with Gasteiger partial charge in [-0.25, -0.2) is 0 Å². The minimum atomic E-state index is 0.251. The zero-order valence-electron chi connectivity index (χ0n) is 18.5. The molecule has 0 rings (SSSR count). The van der Waals surface area contributed by atoms with E-state index in [1.807, 2.05) is 0 Å². The summed E-state index contributed by atoms with van der Waals surface area (Å²) in [4.78, 5) is 0. The van der Waals surface area contributed by atoms with Gasteiger partial charge in [0.15, 0.2) is 0 Å². The lowest BCUT2D eigenvalue weighted by atomic mass is 9.62. The molecule has 0 N–H and O–H groups in total. The molecule has 0 amide bonds. The zero-order valence-corrected chi connectivity index (χ0v) is 18.5. The van der Waals surface area contributed by atoms with E-state index in [1.54, 1.807) is 0 Å². The molecule has 0 aromatic rings. The summed E-state index contributed by atoms with van der Waals surface area (Å²) < 4.78 is 0. The monoisotopic (exact) mass is 334 g/mol. The normalized spacial score (nSPS) is 17.3. The fourth-order valence-electron chi connectivity index (χ4n) is 4.13. The Morgan fingerprint density at radius 1 is 0.792 bits per heavy atom. The molecule has 0 aliphatic carbocycles. The minimum absolute atomic E-state index is 0.251. The van der Waals surface area contributed by atoms with E-state index in [1.165, 1.54) is 76.2 Å². The predicted molar refractivity (Wildman–Crippen MR) is 116 cm³/mol. The molecular formula is C23H47B. The van der Waals surface area contributed by atoms with Crippen molar-refractivity contribution >= 4 is 7.85 Å². The summed E-state index contributed by atoms with van der Waals surface area (Å²) in [6.07, 6.45) is 14.8. The molecule has 0 aliphatic rings. The Balaban J connectivity index is 4.82. The van der Waals surface area contributed by atoms with Gasteiger partial charge in [-0.05, 0) is 48.2 Å². The Morgan fingerprint density at radius 3 is 1.88 bits per heavy atom. The molecule has 0 radical (unpaired) electrons. The number of rotatable bonds is 14. The third-order valence-electron chi connectivity index (χ3n) is 6.29. The van der Waals surface area contributed by atoms with E-state index in [-0.39, 0.29) is 5.31 Å². The Labute approximate surface area is 155 Å². The lowest BCUT2D eigenvalue weighted by molar-refractivity contribution is 0.119. The highest BCUT2D eigenvalue weighted by atomic mass is 14.4. The summed E-state index contributed by atoms with van der Waals surface area (Å²) in [7, 11) is 2.30. The maximum absolute atomic E-state index is 4.38. The number of allylic oxidation sites excluding steroid dienone is 1. The molecular weight excluding hydrogens is 287 g/mol. The third-order valence-corrected chi connectivity index (χ3v) is 6.29. The van der Waals surface area contributed by atoms with Crippen molar-refractivity contribution in [1.82, 2.24) is 0 Å². The first-order valence-corrected chi connectivity index (χ1v) is 10.7. The van der Waals surface area contributed by atoms with Crippen LogP contribution in [0.4, 0.5) is 0 Å². The van der Waals surface area contributed by atoms with Crippen molar-refractivity contribution < 1.29 is 0 Å². The summed E-state index contributed by atoms with van der Waals surface area (Å²) >= 11 is 0. The van der Waals surface area contributed by atoms with Gasteiger partial charge in [-0.15, -0.1) is 6.58 Å². The van der Waals surface area contributed by atoms with Crippen LogP contribution in [0, 0.1) is 10.8 Å². The van der Waals surface area contributed by atoms with Crippen molar-refractivity contribution in [2.24, 2.45) is 10.8 Å². The molecule has 0 spiro atoms. The molecule has 2 atom stereocenters. The summed E-state index contributed by atoms with van der Waals surface area (Å²) in [6, 6.07) is 0. The van der Waals surface area contributed by atoms with Gasteiger partial charge < -0.3 is 0 Å². The molecule has 2 unspecified atom stereocenters. The van der Waals surface area contributed by atoms with Gasteiger partial charge in [0, 0.05) is 0 Å². The van der Waals surface area contributed by atoms with Crippen LogP contribution in [0.1, 0.15) is 119 Å². The summed E-state index contributed by atoms with van der Waals surface area (Å²) in [5.41, 5.74) is 2.41. The number of hydrogen-bond donors (Lipinski definition) is 0. The molecule has 142 valence electrons. The van der Waals surface area contributed by atoms with Crippen molar-refractivity contribution in [2.45, 2.75) is 124 Å². The molecule has 0 saturated carbocycles. The maximum Gasteiger partial charge on any atom is 0.114 e. The molecule has 0 fully saturated rings. The lowest BCUT2D eigenvalue weighted by Crippen LogP contribution is -2.28. The summed E-state index contributed by atoms with van der Waals surface area (Å²) in [5, 5.41) is 0.251. The van der Waals surface area contributed by atoms with Gasteiger partial charge in [0.1, 0.15) is 7.85 Å². The maximum atomic E-state index is 4.38. The fraction of sp³-hybridized carbons (Fsp3) is 0.913. The van der Waals surface area contributed by atoms with Gasteiger partial charge >= 0.3 is 0 Å². The second kappa shape index (κ2) is 10.7. The number of unbranched alkanes of at least 4 members (excludes halogenated alkanes) is 3. The van der Waals surface area contributed by atoms with Crippen LogP contribution in [-0.4, -0.2) is 7.85 Å².